The van der Waals surface area contributed by atoms with E-state index in [2.05, 4.69) is 16.6 Å². The molecule has 0 spiro atoms. The van der Waals surface area contributed by atoms with Gasteiger partial charge in [0, 0.05) is 6.07 Å². The lowest BCUT2D eigenvalue weighted by Gasteiger charge is -2.03. The van der Waals surface area contributed by atoms with Gasteiger partial charge in [-0.2, -0.15) is 0 Å². The van der Waals surface area contributed by atoms with Crippen LogP contribution >= 0.6 is 0 Å². The number of nitrogens with one attached hydrogen (secondary N) is 1. The zero-order chi connectivity index (χ0) is 14.7. The van der Waals surface area contributed by atoms with E-state index in [4.69, 9.17) is 14.2 Å². The fraction of sp³-hybridized carbons (Fsp3) is 0.429. The highest BCUT2D eigenvalue weighted by Gasteiger charge is 2.34. The summed E-state index contributed by atoms with van der Waals surface area (Å²) in [6.45, 7) is 0.522. The van der Waals surface area contributed by atoms with Gasteiger partial charge in [-0.25, -0.2) is 13.1 Å². The maximum absolute atomic E-state index is 11.5. The van der Waals surface area contributed by atoms with Crippen molar-refractivity contribution in [2.24, 2.45) is 0 Å². The number of rotatable bonds is 5. The van der Waals surface area contributed by atoms with Crippen molar-refractivity contribution < 1.29 is 22.6 Å². The summed E-state index contributed by atoms with van der Waals surface area (Å²) in [4.78, 5) is 0. The molecule has 7 heteroatoms. The first kappa shape index (κ1) is 14.0. The van der Waals surface area contributed by atoms with Crippen molar-refractivity contribution in [3.8, 4) is 29.1 Å². The Morgan fingerprint density at radius 1 is 1.24 bits per heavy atom. The topological polar surface area (TPSA) is 73.9 Å². The normalized spacial score (nSPS) is 16.2. The molecule has 1 fully saturated rings. The van der Waals surface area contributed by atoms with E-state index in [1.165, 1.54) is 0 Å². The van der Waals surface area contributed by atoms with Crippen LogP contribution in [0.2, 0.25) is 0 Å². The van der Waals surface area contributed by atoms with E-state index in [9.17, 15) is 8.42 Å². The van der Waals surface area contributed by atoms with E-state index in [0.29, 0.717) is 17.2 Å². The van der Waals surface area contributed by atoms with Gasteiger partial charge in [0.05, 0.1) is 11.8 Å². The molecule has 0 saturated heterocycles. The standard InChI is InChI=1S/C14H15NO5S/c16-21(17,12-4-5-12)15-7-1-2-8-18-11-3-6-13-14(9-11)20-10-19-13/h3,6,9,12,15H,4-5,7-8,10H2. The minimum atomic E-state index is -3.16. The molecule has 0 amide bonds. The molecule has 1 aromatic carbocycles. The van der Waals surface area contributed by atoms with Gasteiger partial charge in [-0.3, -0.25) is 0 Å². The summed E-state index contributed by atoms with van der Waals surface area (Å²) in [5.74, 6) is 7.47. The van der Waals surface area contributed by atoms with Crippen molar-refractivity contribution in [3.05, 3.63) is 18.2 Å². The third-order valence-electron chi connectivity index (χ3n) is 3.10. The molecule has 1 aliphatic carbocycles. The quantitative estimate of drug-likeness (QED) is 0.817. The molecular formula is C14H15NO5S. The summed E-state index contributed by atoms with van der Waals surface area (Å²) >= 11 is 0. The molecule has 1 saturated carbocycles. The Morgan fingerprint density at radius 2 is 2.05 bits per heavy atom. The number of hydrogen-bond donors (Lipinski definition) is 1. The lowest BCUT2D eigenvalue weighted by molar-refractivity contribution is 0.174. The molecule has 1 heterocycles. The first-order valence-corrected chi connectivity index (χ1v) is 8.16. The Kier molecular flexibility index (Phi) is 3.90. The van der Waals surface area contributed by atoms with Crippen molar-refractivity contribution >= 4 is 10.0 Å². The number of sulfonamides is 1. The zero-order valence-corrected chi connectivity index (χ0v) is 12.1. The van der Waals surface area contributed by atoms with Gasteiger partial charge in [0.25, 0.3) is 0 Å². The maximum Gasteiger partial charge on any atom is 0.231 e. The fourth-order valence-electron chi connectivity index (χ4n) is 1.83. The molecule has 21 heavy (non-hydrogen) atoms. The van der Waals surface area contributed by atoms with Crippen molar-refractivity contribution in [2.45, 2.75) is 18.1 Å². The molecule has 2 aliphatic rings. The van der Waals surface area contributed by atoms with Gasteiger partial charge >= 0.3 is 0 Å². The van der Waals surface area contributed by atoms with E-state index in [-0.39, 0.29) is 25.2 Å². The van der Waals surface area contributed by atoms with E-state index < -0.39 is 10.0 Å². The largest absolute Gasteiger partial charge is 0.481 e. The Balaban J connectivity index is 1.43. The number of benzene rings is 1. The Morgan fingerprint density at radius 3 is 2.86 bits per heavy atom. The minimum Gasteiger partial charge on any atom is -0.481 e. The van der Waals surface area contributed by atoms with Gasteiger partial charge < -0.3 is 14.2 Å². The molecular weight excluding hydrogens is 294 g/mol. The number of hydrogen-bond acceptors (Lipinski definition) is 5. The van der Waals surface area contributed by atoms with E-state index in [0.717, 1.165) is 12.8 Å². The third kappa shape index (κ3) is 3.60. The predicted octanol–water partition coefficient (Wildman–Crippen LogP) is 0.879. The second-order valence-electron chi connectivity index (χ2n) is 4.72. The first-order chi connectivity index (χ1) is 10.1. The smallest absolute Gasteiger partial charge is 0.231 e. The second kappa shape index (κ2) is 5.84. The summed E-state index contributed by atoms with van der Waals surface area (Å²) in [6, 6.07) is 5.28. The molecule has 6 nitrogen and oxygen atoms in total. The molecule has 112 valence electrons. The number of fused-ring (bicyclic) bond motifs is 1. The summed E-state index contributed by atoms with van der Waals surface area (Å²) in [5.41, 5.74) is 0. The van der Waals surface area contributed by atoms with Crippen LogP contribution in [0.4, 0.5) is 0 Å². The van der Waals surface area contributed by atoms with Crippen LogP contribution in [-0.2, 0) is 10.0 Å². The van der Waals surface area contributed by atoms with Gasteiger partial charge in [-0.15, -0.1) is 0 Å². The molecule has 1 N–H and O–H groups in total. The van der Waals surface area contributed by atoms with Gasteiger partial charge in [0.1, 0.15) is 12.4 Å². The molecule has 0 atom stereocenters. The van der Waals surface area contributed by atoms with Crippen LogP contribution in [0, 0.1) is 11.8 Å². The highest BCUT2D eigenvalue weighted by molar-refractivity contribution is 7.90. The second-order valence-corrected chi connectivity index (χ2v) is 6.77. The van der Waals surface area contributed by atoms with Crippen LogP contribution < -0.4 is 18.9 Å². The highest BCUT2D eigenvalue weighted by Crippen LogP contribution is 2.34. The number of ether oxygens (including phenoxy) is 3. The highest BCUT2D eigenvalue weighted by atomic mass is 32.2. The molecule has 0 radical (unpaired) electrons. The van der Waals surface area contributed by atoms with Crippen molar-refractivity contribution in [1.82, 2.24) is 4.72 Å². The van der Waals surface area contributed by atoms with Crippen LogP contribution in [0.3, 0.4) is 0 Å². The summed E-state index contributed by atoms with van der Waals surface area (Å²) in [6.07, 6.45) is 1.49. The van der Waals surface area contributed by atoms with Crippen molar-refractivity contribution in [3.63, 3.8) is 0 Å². The Labute approximate surface area is 123 Å². The van der Waals surface area contributed by atoms with E-state index in [1.54, 1.807) is 18.2 Å². The van der Waals surface area contributed by atoms with Crippen LogP contribution in [-0.4, -0.2) is 33.6 Å². The van der Waals surface area contributed by atoms with Gasteiger partial charge in [0.15, 0.2) is 11.5 Å². The Bertz CT molecular complexity index is 685. The molecule has 1 aromatic rings. The molecule has 0 aromatic heterocycles. The van der Waals surface area contributed by atoms with Gasteiger partial charge in [-0.1, -0.05) is 11.8 Å². The predicted molar refractivity (Wildman–Crippen MR) is 75.8 cm³/mol. The molecule has 3 rings (SSSR count). The van der Waals surface area contributed by atoms with Crippen LogP contribution in [0.5, 0.6) is 17.2 Å². The molecule has 1 aliphatic heterocycles. The Hall–Kier alpha value is -1.91. The van der Waals surface area contributed by atoms with Crippen LogP contribution in [0.25, 0.3) is 0 Å². The van der Waals surface area contributed by atoms with Crippen molar-refractivity contribution in [1.29, 1.82) is 0 Å². The fourth-order valence-corrected chi connectivity index (χ4v) is 3.10. The first-order valence-electron chi connectivity index (χ1n) is 6.62. The summed E-state index contributed by atoms with van der Waals surface area (Å²) in [7, 11) is -3.16. The summed E-state index contributed by atoms with van der Waals surface area (Å²) < 4.78 is 41.4. The van der Waals surface area contributed by atoms with E-state index >= 15 is 0 Å². The average Bonchev–Trinajstić information content (AvgIpc) is 3.22. The third-order valence-corrected chi connectivity index (χ3v) is 5.00. The van der Waals surface area contributed by atoms with E-state index in [1.807, 2.05) is 0 Å². The summed E-state index contributed by atoms with van der Waals surface area (Å²) in [5, 5.41) is -0.218. The lowest BCUT2D eigenvalue weighted by Crippen LogP contribution is -2.27. The zero-order valence-electron chi connectivity index (χ0n) is 11.3. The lowest BCUT2D eigenvalue weighted by atomic mass is 10.3. The molecule has 0 bridgehead atoms. The average molecular weight is 309 g/mol. The van der Waals surface area contributed by atoms with Gasteiger partial charge in [-0.05, 0) is 25.0 Å². The van der Waals surface area contributed by atoms with Gasteiger partial charge in [0.2, 0.25) is 16.8 Å². The maximum atomic E-state index is 11.5. The van der Waals surface area contributed by atoms with Crippen molar-refractivity contribution in [2.75, 3.05) is 19.9 Å². The van der Waals surface area contributed by atoms with Crippen LogP contribution in [0.15, 0.2) is 18.2 Å². The molecule has 0 unspecified atom stereocenters. The monoisotopic (exact) mass is 309 g/mol. The minimum absolute atomic E-state index is 0.114. The van der Waals surface area contributed by atoms with Crippen LogP contribution in [0.1, 0.15) is 12.8 Å². The SMILES string of the molecule is O=S(=O)(NCC#CCOc1ccc2c(c1)OCO2)C1CC1.